The number of nitrogens with zero attached hydrogens (tertiary/aromatic N) is 3. The van der Waals surface area contributed by atoms with Crippen LogP contribution in [0.15, 0.2) is 41.5 Å². The minimum atomic E-state index is -0.924. The summed E-state index contributed by atoms with van der Waals surface area (Å²) in [5.41, 5.74) is -0.734. The van der Waals surface area contributed by atoms with Crippen molar-refractivity contribution in [2.75, 3.05) is 6.67 Å². The highest BCUT2D eigenvalue weighted by molar-refractivity contribution is 5.79. The summed E-state index contributed by atoms with van der Waals surface area (Å²) in [5, 5.41) is 9.11. The molecule has 0 atom stereocenters. The van der Waals surface area contributed by atoms with Crippen LogP contribution in [0.2, 0.25) is 0 Å². The van der Waals surface area contributed by atoms with Crippen LogP contribution >= 0.6 is 0 Å². The van der Waals surface area contributed by atoms with E-state index in [9.17, 15) is 18.0 Å². The third kappa shape index (κ3) is 3.04. The fraction of sp³-hybridized carbons (Fsp3) is 0.118. The molecule has 0 aliphatic carbocycles. The predicted molar refractivity (Wildman–Crippen MR) is 83.1 cm³/mol. The largest absolute Gasteiger partial charge is 0.453 e. The number of ether oxygens (including phenoxy) is 1. The zero-order valence-corrected chi connectivity index (χ0v) is 12.7. The highest BCUT2D eigenvalue weighted by Gasteiger charge is 2.16. The van der Waals surface area contributed by atoms with Crippen LogP contribution in [-0.2, 0) is 6.54 Å². The van der Waals surface area contributed by atoms with Gasteiger partial charge in [-0.15, -0.1) is 0 Å². The highest BCUT2D eigenvalue weighted by Crippen LogP contribution is 2.30. The Hall–Kier alpha value is -3.34. The molecule has 0 radical (unpaired) electrons. The molecule has 5 nitrogen and oxygen atoms in total. The second-order valence-electron chi connectivity index (χ2n) is 5.06. The van der Waals surface area contributed by atoms with Gasteiger partial charge >= 0.3 is 0 Å². The first-order chi connectivity index (χ1) is 12.0. The van der Waals surface area contributed by atoms with E-state index in [1.807, 2.05) is 0 Å². The van der Waals surface area contributed by atoms with Gasteiger partial charge in [-0.25, -0.2) is 18.2 Å². The van der Waals surface area contributed by atoms with E-state index in [2.05, 4.69) is 4.98 Å². The van der Waals surface area contributed by atoms with Crippen molar-refractivity contribution in [2.24, 2.45) is 0 Å². The number of alkyl halides is 1. The van der Waals surface area contributed by atoms with Crippen LogP contribution in [0.5, 0.6) is 11.5 Å². The van der Waals surface area contributed by atoms with Crippen molar-refractivity contribution in [3.63, 3.8) is 0 Å². The second kappa shape index (κ2) is 6.65. The third-order valence-electron chi connectivity index (χ3n) is 3.51. The Bertz CT molecular complexity index is 1060. The number of hydrogen-bond acceptors (Lipinski definition) is 4. The van der Waals surface area contributed by atoms with Crippen LogP contribution in [0, 0.1) is 23.0 Å². The maximum atomic E-state index is 13.9. The average molecular weight is 345 g/mol. The van der Waals surface area contributed by atoms with E-state index in [0.717, 1.165) is 16.7 Å². The Morgan fingerprint density at radius 3 is 2.68 bits per heavy atom. The van der Waals surface area contributed by atoms with Crippen LogP contribution in [0.4, 0.5) is 13.2 Å². The summed E-state index contributed by atoms with van der Waals surface area (Å²) in [6.45, 7) is -0.882. The van der Waals surface area contributed by atoms with Crippen LogP contribution < -0.4 is 10.3 Å². The Kier molecular flexibility index (Phi) is 4.39. The quantitative estimate of drug-likeness (QED) is 0.727. The summed E-state index contributed by atoms with van der Waals surface area (Å²) in [5.74, 6) is -2.40. The van der Waals surface area contributed by atoms with Crippen LogP contribution in [0.25, 0.3) is 10.9 Å². The first kappa shape index (κ1) is 16.5. The average Bonchev–Trinajstić information content (AvgIpc) is 2.61. The highest BCUT2D eigenvalue weighted by atomic mass is 19.1. The molecular weight excluding hydrogens is 335 g/mol. The number of halogens is 3. The Morgan fingerprint density at radius 2 is 1.96 bits per heavy atom. The second-order valence-corrected chi connectivity index (χ2v) is 5.06. The topological polar surface area (TPSA) is 67.9 Å². The Balaban J connectivity index is 2.10. The van der Waals surface area contributed by atoms with Crippen LogP contribution in [0.3, 0.4) is 0 Å². The third-order valence-corrected chi connectivity index (χ3v) is 3.51. The minimum absolute atomic E-state index is 0.0189. The van der Waals surface area contributed by atoms with Crippen LogP contribution in [0.1, 0.15) is 5.56 Å². The van der Waals surface area contributed by atoms with Crippen molar-refractivity contribution >= 4 is 10.9 Å². The molecule has 1 aromatic heterocycles. The molecule has 0 N–H and O–H groups in total. The normalized spacial score (nSPS) is 10.6. The van der Waals surface area contributed by atoms with E-state index in [1.165, 1.54) is 30.6 Å². The smallest absolute Gasteiger partial charge is 0.261 e. The van der Waals surface area contributed by atoms with Crippen molar-refractivity contribution in [3.8, 4) is 17.6 Å². The van der Waals surface area contributed by atoms with Gasteiger partial charge in [0.1, 0.15) is 29.9 Å². The predicted octanol–water partition coefficient (Wildman–Crippen LogP) is 3.31. The van der Waals surface area contributed by atoms with Gasteiger partial charge in [0.05, 0.1) is 23.8 Å². The molecular formula is C17H10F3N3O2. The van der Waals surface area contributed by atoms with Crippen LogP contribution in [-0.4, -0.2) is 16.2 Å². The van der Waals surface area contributed by atoms with Gasteiger partial charge in [-0.3, -0.25) is 9.36 Å². The number of benzene rings is 2. The van der Waals surface area contributed by atoms with E-state index in [0.29, 0.717) is 5.52 Å². The molecule has 0 bridgehead atoms. The first-order valence-electron chi connectivity index (χ1n) is 7.16. The fourth-order valence-corrected chi connectivity index (χ4v) is 2.31. The van der Waals surface area contributed by atoms with Crippen molar-refractivity contribution < 1.29 is 17.9 Å². The van der Waals surface area contributed by atoms with E-state index >= 15 is 0 Å². The van der Waals surface area contributed by atoms with E-state index < -0.39 is 35.2 Å². The molecule has 126 valence electrons. The zero-order chi connectivity index (χ0) is 18.0. The lowest BCUT2D eigenvalue weighted by molar-refractivity contribution is 0.434. The Labute approximate surface area is 139 Å². The van der Waals surface area contributed by atoms with Gasteiger partial charge in [0.25, 0.3) is 5.56 Å². The lowest BCUT2D eigenvalue weighted by atomic mass is 10.2. The van der Waals surface area contributed by atoms with Gasteiger partial charge < -0.3 is 4.74 Å². The Morgan fingerprint density at radius 1 is 1.20 bits per heavy atom. The zero-order valence-electron chi connectivity index (χ0n) is 12.7. The summed E-state index contributed by atoms with van der Waals surface area (Å²) in [6, 6.07) is 7.33. The molecule has 0 spiro atoms. The molecule has 0 saturated heterocycles. The summed E-state index contributed by atoms with van der Waals surface area (Å²) in [4.78, 5) is 16.3. The first-order valence-corrected chi connectivity index (χ1v) is 7.16. The molecule has 0 aliphatic heterocycles. The molecule has 1 heterocycles. The van der Waals surface area contributed by atoms with Gasteiger partial charge in [-0.2, -0.15) is 5.26 Å². The monoisotopic (exact) mass is 345 g/mol. The number of rotatable bonds is 4. The SMILES string of the molecule is N#Cc1c(F)ccc(F)c1Oc1ccc2ncn(CCF)c(=O)c2c1. The summed E-state index contributed by atoms with van der Waals surface area (Å²) < 4.78 is 46.4. The fourth-order valence-electron chi connectivity index (χ4n) is 2.31. The van der Waals surface area contributed by atoms with Gasteiger partial charge in [0.15, 0.2) is 11.6 Å². The minimum Gasteiger partial charge on any atom is -0.453 e. The van der Waals surface area contributed by atoms with Gasteiger partial charge in [0.2, 0.25) is 0 Å². The lowest BCUT2D eigenvalue weighted by Gasteiger charge is -2.10. The maximum Gasteiger partial charge on any atom is 0.261 e. The number of aryl methyl sites for hydroxylation is 1. The van der Waals surface area contributed by atoms with Gasteiger partial charge in [-0.05, 0) is 30.3 Å². The molecule has 2 aromatic carbocycles. The standard InChI is InChI=1S/C17H10F3N3O2/c18-5-6-23-9-22-15-4-1-10(7-11(15)17(23)24)25-16-12(8-21)13(19)2-3-14(16)20/h1-4,7,9H,5-6H2. The van der Waals surface area contributed by atoms with E-state index in [1.54, 1.807) is 0 Å². The molecule has 0 aliphatic rings. The van der Waals surface area contributed by atoms with E-state index in [-0.39, 0.29) is 17.7 Å². The summed E-state index contributed by atoms with van der Waals surface area (Å²) >= 11 is 0. The number of nitriles is 1. The van der Waals surface area contributed by atoms with Crippen molar-refractivity contribution in [1.82, 2.24) is 9.55 Å². The maximum absolute atomic E-state index is 13.9. The van der Waals surface area contributed by atoms with Gasteiger partial charge in [0, 0.05) is 0 Å². The van der Waals surface area contributed by atoms with E-state index in [4.69, 9.17) is 10.00 Å². The number of aromatic nitrogens is 2. The lowest BCUT2D eigenvalue weighted by Crippen LogP contribution is -2.21. The molecule has 0 unspecified atom stereocenters. The molecule has 0 fully saturated rings. The molecule has 3 rings (SSSR count). The molecule has 0 saturated carbocycles. The summed E-state index contributed by atoms with van der Waals surface area (Å²) in [7, 11) is 0. The molecule has 3 aromatic rings. The van der Waals surface area contributed by atoms with Crippen molar-refractivity contribution in [3.05, 3.63) is 64.2 Å². The van der Waals surface area contributed by atoms with Crippen molar-refractivity contribution in [1.29, 1.82) is 5.26 Å². The molecule has 25 heavy (non-hydrogen) atoms. The number of hydrogen-bond donors (Lipinski definition) is 0. The van der Waals surface area contributed by atoms with Crippen molar-refractivity contribution in [2.45, 2.75) is 6.54 Å². The molecule has 0 amide bonds. The van der Waals surface area contributed by atoms with Gasteiger partial charge in [-0.1, -0.05) is 0 Å². The number of fused-ring (bicyclic) bond motifs is 1. The summed E-state index contributed by atoms with van der Waals surface area (Å²) in [6.07, 6.45) is 1.23. The molecule has 8 heteroatoms.